The minimum Gasteiger partial charge on any atom is -0.356 e. The Hall–Kier alpha value is 0.220. The zero-order chi connectivity index (χ0) is 23.7. The van der Waals surface area contributed by atoms with Crippen molar-refractivity contribution in [2.24, 2.45) is 0 Å². The van der Waals surface area contributed by atoms with Gasteiger partial charge in [-0.05, 0) is 64.8 Å². The van der Waals surface area contributed by atoms with Crippen molar-refractivity contribution in [2.45, 2.75) is 135 Å². The Morgan fingerprint density at radius 1 is 0.583 bits per heavy atom. The van der Waals surface area contributed by atoms with Crippen LogP contribution in [0.1, 0.15) is 129 Å². The van der Waals surface area contributed by atoms with Crippen LogP contribution in [0.3, 0.4) is 0 Å². The fourth-order valence-electron chi connectivity index (χ4n) is 4.69. The lowest BCUT2D eigenvalue weighted by Gasteiger charge is -2.19. The Morgan fingerprint density at radius 3 is 1.56 bits per heavy atom. The van der Waals surface area contributed by atoms with Crippen molar-refractivity contribution in [3.63, 3.8) is 0 Å². The summed E-state index contributed by atoms with van der Waals surface area (Å²) in [6.07, 6.45) is 24.4. The Kier molecular flexibility index (Phi) is 37.6. The molecule has 0 spiro atoms. The fourth-order valence-corrected chi connectivity index (χ4v) is 4.69. The molecule has 1 saturated heterocycles. The summed E-state index contributed by atoms with van der Waals surface area (Å²) in [5.74, 6) is 0.213. The molecule has 4 N–H and O–H groups in total. The molecule has 0 saturated carbocycles. The maximum atomic E-state index is 12.4. The Balaban J connectivity index is -0.00000363. The van der Waals surface area contributed by atoms with Crippen LogP contribution in [-0.2, 0) is 4.79 Å². The highest BCUT2D eigenvalue weighted by molar-refractivity contribution is 5.86. The van der Waals surface area contributed by atoms with Crippen molar-refractivity contribution in [1.82, 2.24) is 21.3 Å². The molecule has 1 rings (SSSR count). The number of carbonyl (C=O) groups excluding carboxylic acids is 1. The van der Waals surface area contributed by atoms with E-state index < -0.39 is 0 Å². The average Bonchev–Trinajstić information content (AvgIpc) is 2.81. The summed E-state index contributed by atoms with van der Waals surface area (Å²) >= 11 is 0. The van der Waals surface area contributed by atoms with Crippen LogP contribution in [-0.4, -0.2) is 51.2 Å². The van der Waals surface area contributed by atoms with E-state index in [0.29, 0.717) is 12.5 Å². The number of hydrogen-bond donors (Lipinski definition) is 4. The smallest absolute Gasteiger partial charge is 0.221 e. The summed E-state index contributed by atoms with van der Waals surface area (Å²) in [4.78, 5) is 12.4. The molecule has 8 heteroatoms. The largest absolute Gasteiger partial charge is 0.356 e. The van der Waals surface area contributed by atoms with Crippen LogP contribution in [0, 0.1) is 0 Å². The lowest BCUT2D eigenvalue weighted by atomic mass is 10.0. The zero-order valence-electron chi connectivity index (χ0n) is 23.4. The van der Waals surface area contributed by atoms with Gasteiger partial charge in [-0.25, -0.2) is 0 Å². The summed E-state index contributed by atoms with van der Waals surface area (Å²) < 4.78 is 0. The maximum absolute atomic E-state index is 12.4. The van der Waals surface area contributed by atoms with E-state index in [0.717, 1.165) is 58.5 Å². The zero-order valence-corrected chi connectivity index (χ0v) is 25.8. The van der Waals surface area contributed by atoms with Crippen molar-refractivity contribution in [2.75, 3.05) is 39.3 Å². The van der Waals surface area contributed by atoms with Crippen LogP contribution in [0.25, 0.3) is 0 Å². The maximum Gasteiger partial charge on any atom is 0.221 e. The molecule has 0 aromatic rings. The molecular formula is C28H61Cl3N4O. The first-order chi connectivity index (χ1) is 16.3. The van der Waals surface area contributed by atoms with Gasteiger partial charge in [0.25, 0.3) is 0 Å². The predicted octanol–water partition coefficient (Wildman–Crippen LogP) is 6.95. The van der Waals surface area contributed by atoms with Crippen molar-refractivity contribution < 1.29 is 4.79 Å². The highest BCUT2D eigenvalue weighted by atomic mass is 35.5. The summed E-state index contributed by atoms with van der Waals surface area (Å²) in [5.41, 5.74) is 0. The number of halogens is 3. The van der Waals surface area contributed by atoms with E-state index in [2.05, 4.69) is 28.2 Å². The molecule has 0 aromatic carbocycles. The number of rotatable bonds is 14. The lowest BCUT2D eigenvalue weighted by molar-refractivity contribution is -0.121. The Morgan fingerprint density at radius 2 is 1.03 bits per heavy atom. The fraction of sp³-hybridized carbons (Fsp3) is 0.964. The molecule has 1 atom stereocenters. The van der Waals surface area contributed by atoms with Crippen LogP contribution < -0.4 is 21.3 Å². The van der Waals surface area contributed by atoms with Gasteiger partial charge in [0.15, 0.2) is 0 Å². The van der Waals surface area contributed by atoms with Gasteiger partial charge in [-0.3, -0.25) is 4.79 Å². The normalized spacial score (nSPS) is 18.6. The monoisotopic (exact) mass is 574 g/mol. The minimum atomic E-state index is 0. The molecule has 1 aliphatic rings. The second kappa shape index (κ2) is 33.2. The molecule has 1 heterocycles. The summed E-state index contributed by atoms with van der Waals surface area (Å²) in [6.45, 7) is 8.34. The molecule has 1 amide bonds. The van der Waals surface area contributed by atoms with E-state index in [-0.39, 0.29) is 43.1 Å². The van der Waals surface area contributed by atoms with Crippen LogP contribution >= 0.6 is 37.2 Å². The number of carbonyl (C=O) groups is 1. The van der Waals surface area contributed by atoms with Crippen LogP contribution in [0.15, 0.2) is 0 Å². The molecule has 0 bridgehead atoms. The molecule has 1 unspecified atom stereocenters. The molecule has 36 heavy (non-hydrogen) atoms. The first kappa shape index (κ1) is 40.7. The van der Waals surface area contributed by atoms with E-state index in [4.69, 9.17) is 0 Å². The Labute approximate surface area is 242 Å². The number of amides is 1. The molecule has 1 aliphatic heterocycles. The standard InChI is InChI=1S/C28H58N4O.3ClH/c1-2-3-4-5-6-7-8-9-10-11-12-13-14-19-27-26-28(33)32-25-18-23-30-21-16-15-20-29-22-17-24-31-27;;;/h27,29-31H,2-26H2,1H3,(H,32,33);3*1H. The molecule has 0 aromatic heterocycles. The van der Waals surface area contributed by atoms with Crippen LogP contribution in [0.4, 0.5) is 0 Å². The SMILES string of the molecule is CCCCCCCCCCCCCCCC1CC(=O)NCCCNCCCCNCCCN1.Cl.Cl.Cl. The summed E-state index contributed by atoms with van der Waals surface area (Å²) in [6, 6.07) is 0.325. The van der Waals surface area contributed by atoms with Gasteiger partial charge in [-0.2, -0.15) is 0 Å². The van der Waals surface area contributed by atoms with Crippen LogP contribution in [0.5, 0.6) is 0 Å². The molecule has 0 aliphatic carbocycles. The van der Waals surface area contributed by atoms with Crippen molar-refractivity contribution in [3.8, 4) is 0 Å². The van der Waals surface area contributed by atoms with Crippen LogP contribution in [0.2, 0.25) is 0 Å². The molecule has 5 nitrogen and oxygen atoms in total. The molecular weight excluding hydrogens is 515 g/mol. The summed E-state index contributed by atoms with van der Waals surface area (Å²) in [7, 11) is 0. The first-order valence-corrected chi connectivity index (χ1v) is 14.7. The number of hydrogen-bond acceptors (Lipinski definition) is 4. The highest BCUT2D eigenvalue weighted by Gasteiger charge is 2.13. The molecule has 1 fully saturated rings. The van der Waals surface area contributed by atoms with Gasteiger partial charge in [0.05, 0.1) is 0 Å². The van der Waals surface area contributed by atoms with E-state index >= 15 is 0 Å². The first-order valence-electron chi connectivity index (χ1n) is 14.7. The van der Waals surface area contributed by atoms with Crippen molar-refractivity contribution in [3.05, 3.63) is 0 Å². The van der Waals surface area contributed by atoms with E-state index in [9.17, 15) is 4.79 Å². The highest BCUT2D eigenvalue weighted by Crippen LogP contribution is 2.14. The van der Waals surface area contributed by atoms with Gasteiger partial charge in [0.2, 0.25) is 5.91 Å². The quantitative estimate of drug-likeness (QED) is 0.169. The number of nitrogens with one attached hydrogen (secondary N) is 4. The van der Waals surface area contributed by atoms with Gasteiger partial charge in [0.1, 0.15) is 0 Å². The van der Waals surface area contributed by atoms with Gasteiger partial charge < -0.3 is 21.3 Å². The van der Waals surface area contributed by atoms with Crippen molar-refractivity contribution in [1.29, 1.82) is 0 Å². The third-order valence-electron chi connectivity index (χ3n) is 6.86. The predicted molar refractivity (Wildman–Crippen MR) is 166 cm³/mol. The third-order valence-corrected chi connectivity index (χ3v) is 6.86. The lowest BCUT2D eigenvalue weighted by Crippen LogP contribution is -2.37. The Bertz CT molecular complexity index is 434. The van der Waals surface area contributed by atoms with E-state index in [1.807, 2.05) is 0 Å². The van der Waals surface area contributed by atoms with Gasteiger partial charge >= 0.3 is 0 Å². The second-order valence-electron chi connectivity index (χ2n) is 10.2. The molecule has 0 radical (unpaired) electrons. The minimum absolute atomic E-state index is 0. The van der Waals surface area contributed by atoms with Gasteiger partial charge in [0, 0.05) is 19.0 Å². The van der Waals surface area contributed by atoms with Gasteiger partial charge in [-0.15, -0.1) is 37.2 Å². The number of unbranched alkanes of at least 4 members (excludes halogenated alkanes) is 12. The van der Waals surface area contributed by atoms with Gasteiger partial charge in [-0.1, -0.05) is 90.4 Å². The van der Waals surface area contributed by atoms with Crippen molar-refractivity contribution >= 4 is 43.1 Å². The second-order valence-corrected chi connectivity index (χ2v) is 10.2. The summed E-state index contributed by atoms with van der Waals surface area (Å²) in [5, 5.41) is 13.8. The topological polar surface area (TPSA) is 65.2 Å². The van der Waals surface area contributed by atoms with E-state index in [1.54, 1.807) is 0 Å². The third kappa shape index (κ3) is 28.8. The van der Waals surface area contributed by atoms with E-state index in [1.165, 1.54) is 96.3 Å². The average molecular weight is 576 g/mol. The molecule has 220 valence electrons.